The summed E-state index contributed by atoms with van der Waals surface area (Å²) in [5.41, 5.74) is 7.93. The summed E-state index contributed by atoms with van der Waals surface area (Å²) in [6.45, 7) is 0.970. The lowest BCUT2D eigenvalue weighted by Crippen LogP contribution is -2.35. The summed E-state index contributed by atoms with van der Waals surface area (Å²) in [7, 11) is 3.66. The lowest BCUT2D eigenvalue weighted by Gasteiger charge is -2.27. The monoisotopic (exact) mass is 249 g/mol. The highest BCUT2D eigenvalue weighted by molar-refractivity contribution is 5.97. The number of hydrogen-bond donors (Lipinski definition) is 2. The van der Waals surface area contributed by atoms with Crippen molar-refractivity contribution in [2.75, 3.05) is 32.1 Å². The van der Waals surface area contributed by atoms with E-state index in [0.29, 0.717) is 0 Å². The Hall–Kier alpha value is -1.59. The molecule has 98 valence electrons. The molecule has 0 aliphatic carbocycles. The summed E-state index contributed by atoms with van der Waals surface area (Å²) < 4.78 is 5.38. The van der Waals surface area contributed by atoms with E-state index in [2.05, 4.69) is 5.32 Å². The van der Waals surface area contributed by atoms with Crippen molar-refractivity contribution >= 4 is 11.6 Å². The SMILES string of the molecule is CNCCC(N)c1ccc2c(c1)N(C)C(=O)CO2. The second-order valence-corrected chi connectivity index (χ2v) is 4.47. The van der Waals surface area contributed by atoms with Crippen LogP contribution >= 0.6 is 0 Å². The lowest BCUT2D eigenvalue weighted by atomic mass is 10.0. The fourth-order valence-electron chi connectivity index (χ4n) is 1.99. The van der Waals surface area contributed by atoms with Gasteiger partial charge in [0.1, 0.15) is 5.75 Å². The molecule has 2 rings (SSSR count). The molecular weight excluding hydrogens is 230 g/mol. The Morgan fingerprint density at radius 1 is 1.56 bits per heavy atom. The van der Waals surface area contributed by atoms with Gasteiger partial charge in [0.2, 0.25) is 0 Å². The van der Waals surface area contributed by atoms with Crippen LogP contribution in [0.3, 0.4) is 0 Å². The first-order chi connectivity index (χ1) is 8.63. The van der Waals surface area contributed by atoms with Gasteiger partial charge in [-0.25, -0.2) is 0 Å². The van der Waals surface area contributed by atoms with Crippen molar-refractivity contribution in [1.82, 2.24) is 5.32 Å². The van der Waals surface area contributed by atoms with E-state index in [1.54, 1.807) is 11.9 Å². The number of anilines is 1. The maximum absolute atomic E-state index is 11.6. The first kappa shape index (κ1) is 12.9. The summed E-state index contributed by atoms with van der Waals surface area (Å²) in [5.74, 6) is 0.699. The molecule has 1 atom stereocenters. The Labute approximate surface area is 107 Å². The van der Waals surface area contributed by atoms with E-state index in [1.807, 2.05) is 25.2 Å². The predicted octanol–water partition coefficient (Wildman–Crippen LogP) is 0.651. The molecule has 5 nitrogen and oxygen atoms in total. The highest BCUT2D eigenvalue weighted by atomic mass is 16.5. The van der Waals surface area contributed by atoms with Crippen LogP contribution in [0.2, 0.25) is 0 Å². The van der Waals surface area contributed by atoms with E-state index in [0.717, 1.165) is 30.0 Å². The number of hydrogen-bond acceptors (Lipinski definition) is 4. The van der Waals surface area contributed by atoms with Gasteiger partial charge in [0.25, 0.3) is 5.91 Å². The highest BCUT2D eigenvalue weighted by Crippen LogP contribution is 2.33. The maximum atomic E-state index is 11.6. The molecule has 5 heteroatoms. The molecule has 0 fully saturated rings. The van der Waals surface area contributed by atoms with Crippen LogP contribution in [-0.4, -0.2) is 33.2 Å². The number of carbonyl (C=O) groups excluding carboxylic acids is 1. The van der Waals surface area contributed by atoms with E-state index < -0.39 is 0 Å². The number of ether oxygens (including phenoxy) is 1. The van der Waals surface area contributed by atoms with Gasteiger partial charge < -0.3 is 20.7 Å². The second-order valence-electron chi connectivity index (χ2n) is 4.47. The smallest absolute Gasteiger partial charge is 0.264 e. The zero-order chi connectivity index (χ0) is 13.1. The van der Waals surface area contributed by atoms with Gasteiger partial charge in [-0.05, 0) is 37.7 Å². The van der Waals surface area contributed by atoms with Gasteiger partial charge >= 0.3 is 0 Å². The van der Waals surface area contributed by atoms with E-state index in [9.17, 15) is 4.79 Å². The molecule has 1 amide bonds. The normalized spacial score (nSPS) is 16.2. The predicted molar refractivity (Wildman–Crippen MR) is 70.8 cm³/mol. The maximum Gasteiger partial charge on any atom is 0.264 e. The molecule has 1 aromatic rings. The number of likely N-dealkylation sites (N-methyl/N-ethyl adjacent to an activating group) is 1. The van der Waals surface area contributed by atoms with Crippen molar-refractivity contribution in [1.29, 1.82) is 0 Å². The van der Waals surface area contributed by atoms with Crippen molar-refractivity contribution in [2.45, 2.75) is 12.5 Å². The average Bonchev–Trinajstić information content (AvgIpc) is 2.40. The first-order valence-electron chi connectivity index (χ1n) is 6.07. The number of nitrogens with two attached hydrogens (primary N) is 1. The Bertz CT molecular complexity index is 448. The Kier molecular flexibility index (Phi) is 3.84. The summed E-state index contributed by atoms with van der Waals surface area (Å²) in [6.07, 6.45) is 0.855. The zero-order valence-corrected chi connectivity index (χ0v) is 10.8. The van der Waals surface area contributed by atoms with Gasteiger partial charge in [-0.15, -0.1) is 0 Å². The first-order valence-corrected chi connectivity index (χ1v) is 6.07. The van der Waals surface area contributed by atoms with E-state index >= 15 is 0 Å². The Balaban J connectivity index is 2.23. The van der Waals surface area contributed by atoms with Crippen molar-refractivity contribution in [3.63, 3.8) is 0 Å². The number of nitrogens with one attached hydrogen (secondary N) is 1. The molecule has 0 spiro atoms. The van der Waals surface area contributed by atoms with Crippen LogP contribution in [0.5, 0.6) is 5.75 Å². The zero-order valence-electron chi connectivity index (χ0n) is 10.8. The van der Waals surface area contributed by atoms with E-state index in [1.165, 1.54) is 0 Å². The van der Waals surface area contributed by atoms with Crippen LogP contribution < -0.4 is 20.7 Å². The quantitative estimate of drug-likeness (QED) is 0.822. The third-order valence-electron chi connectivity index (χ3n) is 3.20. The largest absolute Gasteiger partial charge is 0.482 e. The van der Waals surface area contributed by atoms with Crippen LogP contribution in [0, 0.1) is 0 Å². The van der Waals surface area contributed by atoms with Crippen LogP contribution in [0.25, 0.3) is 0 Å². The highest BCUT2D eigenvalue weighted by Gasteiger charge is 2.23. The molecule has 0 aromatic heterocycles. The van der Waals surface area contributed by atoms with Crippen LogP contribution in [0.15, 0.2) is 18.2 Å². The van der Waals surface area contributed by atoms with Crippen molar-refractivity contribution in [2.24, 2.45) is 5.73 Å². The van der Waals surface area contributed by atoms with Crippen LogP contribution in [0.4, 0.5) is 5.69 Å². The number of amides is 1. The second kappa shape index (κ2) is 5.37. The van der Waals surface area contributed by atoms with Gasteiger partial charge in [-0.2, -0.15) is 0 Å². The molecule has 0 radical (unpaired) electrons. The molecular formula is C13H19N3O2. The minimum Gasteiger partial charge on any atom is -0.482 e. The third-order valence-corrected chi connectivity index (χ3v) is 3.20. The topological polar surface area (TPSA) is 67.6 Å². The Morgan fingerprint density at radius 2 is 2.33 bits per heavy atom. The molecule has 3 N–H and O–H groups in total. The van der Waals surface area contributed by atoms with Crippen molar-refractivity contribution < 1.29 is 9.53 Å². The van der Waals surface area contributed by atoms with Gasteiger partial charge in [0, 0.05) is 13.1 Å². The molecule has 1 aromatic carbocycles. The molecule has 1 aliphatic rings. The van der Waals surface area contributed by atoms with Gasteiger partial charge in [0.15, 0.2) is 6.61 Å². The van der Waals surface area contributed by atoms with E-state index in [-0.39, 0.29) is 18.6 Å². The lowest BCUT2D eigenvalue weighted by molar-refractivity contribution is -0.120. The van der Waals surface area contributed by atoms with Crippen molar-refractivity contribution in [3.8, 4) is 5.75 Å². The summed E-state index contributed by atoms with van der Waals surface area (Å²) in [4.78, 5) is 13.2. The number of nitrogens with zero attached hydrogens (tertiary/aromatic N) is 1. The molecule has 0 saturated carbocycles. The minimum atomic E-state index is -0.0385. The number of benzene rings is 1. The van der Waals surface area contributed by atoms with Crippen molar-refractivity contribution in [3.05, 3.63) is 23.8 Å². The molecule has 1 heterocycles. The Morgan fingerprint density at radius 3 is 3.06 bits per heavy atom. The number of fused-ring (bicyclic) bond motifs is 1. The van der Waals surface area contributed by atoms with Gasteiger partial charge in [-0.3, -0.25) is 4.79 Å². The molecule has 1 aliphatic heterocycles. The molecule has 0 saturated heterocycles. The number of carbonyl (C=O) groups is 1. The summed E-state index contributed by atoms with van der Waals surface area (Å²) in [6, 6.07) is 5.75. The fourth-order valence-corrected chi connectivity index (χ4v) is 1.99. The van der Waals surface area contributed by atoms with Crippen LogP contribution in [0.1, 0.15) is 18.0 Å². The average molecular weight is 249 g/mol. The number of rotatable bonds is 4. The van der Waals surface area contributed by atoms with Crippen LogP contribution in [-0.2, 0) is 4.79 Å². The third kappa shape index (κ3) is 2.47. The van der Waals surface area contributed by atoms with Gasteiger partial charge in [0.05, 0.1) is 5.69 Å². The molecule has 0 bridgehead atoms. The molecule has 1 unspecified atom stereocenters. The summed E-state index contributed by atoms with van der Waals surface area (Å²) in [5, 5.41) is 3.08. The van der Waals surface area contributed by atoms with E-state index in [4.69, 9.17) is 10.5 Å². The minimum absolute atomic E-state index is 0.0341. The standard InChI is InChI=1S/C13H19N3O2/c1-15-6-5-10(14)9-3-4-12-11(7-9)16(2)13(17)8-18-12/h3-4,7,10,15H,5-6,8,14H2,1-2H3. The van der Waals surface area contributed by atoms with Gasteiger partial charge in [-0.1, -0.05) is 6.07 Å². The molecule has 18 heavy (non-hydrogen) atoms. The summed E-state index contributed by atoms with van der Waals surface area (Å²) >= 11 is 0. The fraction of sp³-hybridized carbons (Fsp3) is 0.462.